The van der Waals surface area contributed by atoms with Gasteiger partial charge in [0.1, 0.15) is 12.7 Å². The predicted octanol–water partition coefficient (Wildman–Crippen LogP) is 4.87. The second kappa shape index (κ2) is 9.18. The summed E-state index contributed by atoms with van der Waals surface area (Å²) in [7, 11) is -2.07. The summed E-state index contributed by atoms with van der Waals surface area (Å²) < 4.78 is 41.3. The van der Waals surface area contributed by atoms with Crippen LogP contribution in [0.5, 0.6) is 11.5 Å². The van der Waals surface area contributed by atoms with E-state index >= 15 is 0 Å². The Balaban J connectivity index is 1.73. The SMILES string of the molecule is COc1cc([C@]2(c3ccccc3)CC=C[C@@H]2OS(C)(=O)=O)ccc1OCc1ccccc1. The first-order chi connectivity index (χ1) is 15.4. The number of ether oxygens (including phenoxy) is 2. The van der Waals surface area contributed by atoms with Crippen LogP contribution in [-0.4, -0.2) is 27.9 Å². The van der Waals surface area contributed by atoms with Crippen molar-refractivity contribution in [2.45, 2.75) is 24.5 Å². The molecule has 3 aromatic carbocycles. The predicted molar refractivity (Wildman–Crippen MR) is 124 cm³/mol. The van der Waals surface area contributed by atoms with Gasteiger partial charge in [-0.15, -0.1) is 0 Å². The van der Waals surface area contributed by atoms with E-state index < -0.39 is 21.6 Å². The van der Waals surface area contributed by atoms with Crippen LogP contribution in [0, 0.1) is 0 Å². The molecule has 0 heterocycles. The van der Waals surface area contributed by atoms with E-state index in [9.17, 15) is 8.42 Å². The first kappa shape index (κ1) is 22.1. The molecule has 3 aromatic rings. The highest BCUT2D eigenvalue weighted by atomic mass is 32.2. The summed E-state index contributed by atoms with van der Waals surface area (Å²) in [6.45, 7) is 0.418. The number of benzene rings is 3. The summed E-state index contributed by atoms with van der Waals surface area (Å²) in [4.78, 5) is 0. The van der Waals surface area contributed by atoms with Crippen LogP contribution in [0.2, 0.25) is 0 Å². The maximum atomic E-state index is 12.0. The Morgan fingerprint density at radius 3 is 2.25 bits per heavy atom. The maximum absolute atomic E-state index is 12.0. The molecule has 0 fully saturated rings. The zero-order valence-corrected chi connectivity index (χ0v) is 18.9. The van der Waals surface area contributed by atoms with Crippen LogP contribution in [0.3, 0.4) is 0 Å². The van der Waals surface area contributed by atoms with Gasteiger partial charge in [0.15, 0.2) is 11.5 Å². The van der Waals surface area contributed by atoms with Crippen molar-refractivity contribution in [1.29, 1.82) is 0 Å². The molecular weight excluding hydrogens is 424 g/mol. The lowest BCUT2D eigenvalue weighted by Gasteiger charge is -2.36. The third-order valence-electron chi connectivity index (χ3n) is 5.72. The Morgan fingerprint density at radius 1 is 0.906 bits per heavy atom. The number of rotatable bonds is 8. The highest BCUT2D eigenvalue weighted by molar-refractivity contribution is 7.86. The summed E-state index contributed by atoms with van der Waals surface area (Å²) in [5.74, 6) is 1.20. The summed E-state index contributed by atoms with van der Waals surface area (Å²) in [5.41, 5.74) is 2.22. The fraction of sp³-hybridized carbons (Fsp3) is 0.231. The third-order valence-corrected chi connectivity index (χ3v) is 6.28. The number of hydrogen-bond donors (Lipinski definition) is 0. The summed E-state index contributed by atoms with van der Waals surface area (Å²) in [6, 6.07) is 25.5. The Morgan fingerprint density at radius 2 is 1.59 bits per heavy atom. The summed E-state index contributed by atoms with van der Waals surface area (Å²) in [6.07, 6.45) is 4.80. The molecule has 1 aliphatic carbocycles. The lowest BCUT2D eigenvalue weighted by Crippen LogP contribution is -2.39. The Hall–Kier alpha value is -3.09. The molecule has 0 spiro atoms. The third kappa shape index (κ3) is 4.56. The van der Waals surface area contributed by atoms with Crippen molar-refractivity contribution in [3.05, 3.63) is 108 Å². The van der Waals surface area contributed by atoms with E-state index in [0.29, 0.717) is 24.5 Å². The van der Waals surface area contributed by atoms with Gasteiger partial charge in [-0.2, -0.15) is 8.42 Å². The van der Waals surface area contributed by atoms with Crippen molar-refractivity contribution >= 4 is 10.1 Å². The van der Waals surface area contributed by atoms with Crippen LogP contribution in [0.4, 0.5) is 0 Å². The molecule has 0 radical (unpaired) electrons. The highest BCUT2D eigenvalue weighted by Gasteiger charge is 2.46. The van der Waals surface area contributed by atoms with Gasteiger partial charge in [-0.1, -0.05) is 78.9 Å². The van der Waals surface area contributed by atoms with Crippen LogP contribution < -0.4 is 9.47 Å². The van der Waals surface area contributed by atoms with Gasteiger partial charge < -0.3 is 9.47 Å². The number of allylic oxidation sites excluding steroid dienone is 1. The van der Waals surface area contributed by atoms with E-state index in [-0.39, 0.29) is 0 Å². The minimum absolute atomic E-state index is 0.418. The molecule has 6 heteroatoms. The van der Waals surface area contributed by atoms with Crippen molar-refractivity contribution in [3.63, 3.8) is 0 Å². The molecule has 32 heavy (non-hydrogen) atoms. The molecule has 0 bridgehead atoms. The van der Waals surface area contributed by atoms with Gasteiger partial charge in [0, 0.05) is 0 Å². The van der Waals surface area contributed by atoms with E-state index in [2.05, 4.69) is 0 Å². The van der Waals surface area contributed by atoms with Crippen molar-refractivity contribution in [3.8, 4) is 11.5 Å². The minimum atomic E-state index is -3.66. The molecule has 0 N–H and O–H groups in total. The van der Waals surface area contributed by atoms with Crippen LogP contribution in [0.1, 0.15) is 23.1 Å². The molecule has 0 amide bonds. The first-order valence-electron chi connectivity index (χ1n) is 10.4. The van der Waals surface area contributed by atoms with Crippen molar-refractivity contribution in [1.82, 2.24) is 0 Å². The minimum Gasteiger partial charge on any atom is -0.493 e. The largest absolute Gasteiger partial charge is 0.493 e. The van der Waals surface area contributed by atoms with Gasteiger partial charge in [-0.05, 0) is 35.2 Å². The maximum Gasteiger partial charge on any atom is 0.264 e. The lowest BCUT2D eigenvalue weighted by molar-refractivity contribution is 0.192. The second-order valence-electron chi connectivity index (χ2n) is 7.83. The van der Waals surface area contributed by atoms with E-state index in [4.69, 9.17) is 13.7 Å². The Bertz CT molecular complexity index is 1190. The molecular formula is C26H26O5S. The monoisotopic (exact) mass is 450 g/mol. The molecule has 0 aromatic heterocycles. The van der Waals surface area contributed by atoms with E-state index in [1.807, 2.05) is 91.0 Å². The second-order valence-corrected chi connectivity index (χ2v) is 9.43. The standard InChI is InChI=1S/C26H26O5S/c1-29-24-18-22(15-16-23(24)30-19-20-10-5-3-6-11-20)26(21-12-7-4-8-13-21)17-9-14-25(26)31-32(2,27)28/h3-16,18,25H,17,19H2,1-2H3/t25-,26+/m0/s1. The van der Waals surface area contributed by atoms with Crippen LogP contribution in [-0.2, 0) is 26.3 Å². The van der Waals surface area contributed by atoms with Gasteiger partial charge in [-0.3, -0.25) is 4.18 Å². The summed E-state index contributed by atoms with van der Waals surface area (Å²) >= 11 is 0. The van der Waals surface area contributed by atoms with Crippen molar-refractivity contribution in [2.75, 3.05) is 13.4 Å². The average Bonchev–Trinajstić information content (AvgIpc) is 3.21. The van der Waals surface area contributed by atoms with E-state index in [1.54, 1.807) is 7.11 Å². The van der Waals surface area contributed by atoms with E-state index in [0.717, 1.165) is 22.9 Å². The molecule has 4 rings (SSSR count). The molecule has 1 aliphatic rings. The fourth-order valence-electron chi connectivity index (χ4n) is 4.23. The van der Waals surface area contributed by atoms with Crippen LogP contribution in [0.15, 0.2) is 91.0 Å². The van der Waals surface area contributed by atoms with Gasteiger partial charge >= 0.3 is 0 Å². The van der Waals surface area contributed by atoms with Crippen molar-refractivity contribution < 1.29 is 22.1 Å². The normalized spacial score (nSPS) is 20.2. The molecule has 0 saturated heterocycles. The van der Waals surface area contributed by atoms with Gasteiger partial charge in [-0.25, -0.2) is 0 Å². The molecule has 0 saturated carbocycles. The average molecular weight is 451 g/mol. The highest BCUT2D eigenvalue weighted by Crippen LogP contribution is 2.47. The molecule has 5 nitrogen and oxygen atoms in total. The van der Waals surface area contributed by atoms with Crippen molar-refractivity contribution in [2.24, 2.45) is 0 Å². The van der Waals surface area contributed by atoms with Crippen LogP contribution in [0.25, 0.3) is 0 Å². The van der Waals surface area contributed by atoms with Gasteiger partial charge in [0.2, 0.25) is 0 Å². The molecule has 0 unspecified atom stereocenters. The van der Waals surface area contributed by atoms with Gasteiger partial charge in [0.25, 0.3) is 10.1 Å². The fourth-order valence-corrected chi connectivity index (χ4v) is 4.83. The zero-order chi connectivity index (χ0) is 22.6. The lowest BCUT2D eigenvalue weighted by atomic mass is 9.71. The Kier molecular flexibility index (Phi) is 6.35. The number of hydrogen-bond acceptors (Lipinski definition) is 5. The quantitative estimate of drug-likeness (QED) is 0.362. The summed E-state index contributed by atoms with van der Waals surface area (Å²) in [5, 5.41) is 0. The topological polar surface area (TPSA) is 61.8 Å². The first-order valence-corrected chi connectivity index (χ1v) is 12.2. The molecule has 166 valence electrons. The smallest absolute Gasteiger partial charge is 0.264 e. The number of methoxy groups -OCH3 is 1. The Labute approximate surface area is 189 Å². The van der Waals surface area contributed by atoms with Crippen LogP contribution >= 0.6 is 0 Å². The molecule has 2 atom stereocenters. The van der Waals surface area contributed by atoms with E-state index in [1.165, 1.54) is 0 Å². The molecule has 0 aliphatic heterocycles. The zero-order valence-electron chi connectivity index (χ0n) is 18.1. The van der Waals surface area contributed by atoms with Gasteiger partial charge in [0.05, 0.1) is 18.8 Å².